The van der Waals surface area contributed by atoms with Crippen molar-refractivity contribution in [3.05, 3.63) is 27.8 Å². The van der Waals surface area contributed by atoms with Crippen molar-refractivity contribution in [1.82, 2.24) is 10.2 Å². The first-order chi connectivity index (χ1) is 12.7. The van der Waals surface area contributed by atoms with Gasteiger partial charge in [-0.3, -0.25) is 15.0 Å². The van der Waals surface area contributed by atoms with Gasteiger partial charge in [0.2, 0.25) is 0 Å². The number of hydrogen-bond acceptors (Lipinski definition) is 6. The number of benzene rings is 1. The lowest BCUT2D eigenvalue weighted by molar-refractivity contribution is -0.385. The molecule has 2 aliphatic heterocycles. The van der Waals surface area contributed by atoms with Gasteiger partial charge in [0.05, 0.1) is 18.1 Å². The van der Waals surface area contributed by atoms with Gasteiger partial charge in [0.25, 0.3) is 5.69 Å². The van der Waals surface area contributed by atoms with Crippen LogP contribution in [0, 0.1) is 15.5 Å². The Balaban J connectivity index is 1.80. The van der Waals surface area contributed by atoms with Gasteiger partial charge in [0.15, 0.2) is 18.1 Å². The van der Waals surface area contributed by atoms with Gasteiger partial charge in [-0.15, -0.1) is 0 Å². The van der Waals surface area contributed by atoms with Crippen molar-refractivity contribution in [2.45, 2.75) is 25.6 Å². The summed E-state index contributed by atoms with van der Waals surface area (Å²) >= 11 is 0. The van der Waals surface area contributed by atoms with Crippen molar-refractivity contribution in [2.24, 2.45) is 5.41 Å². The van der Waals surface area contributed by atoms with Crippen LogP contribution in [-0.4, -0.2) is 55.9 Å². The summed E-state index contributed by atoms with van der Waals surface area (Å²) in [5.74, 6) is -0.237. The Morgan fingerprint density at radius 1 is 1.33 bits per heavy atom. The molecule has 0 bridgehead atoms. The first kappa shape index (κ1) is 19.7. The van der Waals surface area contributed by atoms with Crippen LogP contribution in [0.4, 0.5) is 18.9 Å². The van der Waals surface area contributed by atoms with Crippen molar-refractivity contribution in [3.63, 3.8) is 0 Å². The summed E-state index contributed by atoms with van der Waals surface area (Å²) in [6.45, 7) is 2.39. The number of nitrogens with one attached hydrogen (secondary N) is 1. The smallest absolute Gasteiger partial charge is 0.422 e. The van der Waals surface area contributed by atoms with Crippen molar-refractivity contribution in [3.8, 4) is 11.5 Å². The predicted molar refractivity (Wildman–Crippen MR) is 91.0 cm³/mol. The average molecular weight is 389 g/mol. The first-order valence-electron chi connectivity index (χ1n) is 8.69. The standard InChI is InChI=1S/C17H22F3N3O4/c1-26-14-6-12(8-22-5-3-16(10-22)2-4-21-9-16)13(23(24)25)7-15(14)27-11-17(18,19)20/h6-7,21H,2-5,8-11H2,1H3. The maximum Gasteiger partial charge on any atom is 0.422 e. The molecule has 0 radical (unpaired) electrons. The summed E-state index contributed by atoms with van der Waals surface area (Å²) in [6.07, 6.45) is -2.44. The Morgan fingerprint density at radius 3 is 2.70 bits per heavy atom. The molecule has 0 amide bonds. The molecule has 0 saturated carbocycles. The van der Waals surface area contributed by atoms with E-state index in [9.17, 15) is 23.3 Å². The lowest BCUT2D eigenvalue weighted by atomic mass is 9.86. The monoisotopic (exact) mass is 389 g/mol. The zero-order valence-electron chi connectivity index (χ0n) is 15.0. The molecule has 1 N–H and O–H groups in total. The summed E-state index contributed by atoms with van der Waals surface area (Å²) in [5, 5.41) is 14.8. The lowest BCUT2D eigenvalue weighted by Crippen LogP contribution is -2.29. The van der Waals surface area contributed by atoms with Gasteiger partial charge in [0.1, 0.15) is 0 Å². The number of nitro benzene ring substituents is 1. The number of methoxy groups -OCH3 is 1. The second kappa shape index (κ2) is 7.51. The first-order valence-corrected chi connectivity index (χ1v) is 8.69. The maximum atomic E-state index is 12.4. The summed E-state index contributed by atoms with van der Waals surface area (Å²) in [4.78, 5) is 13.0. The van der Waals surface area contributed by atoms with Crippen LogP contribution in [0.25, 0.3) is 0 Å². The fourth-order valence-corrected chi connectivity index (χ4v) is 3.87. The van der Waals surface area contributed by atoms with Crippen LogP contribution in [0.3, 0.4) is 0 Å². The largest absolute Gasteiger partial charge is 0.493 e. The Hall–Kier alpha value is -2.07. The minimum Gasteiger partial charge on any atom is -0.493 e. The maximum absolute atomic E-state index is 12.4. The molecule has 2 fully saturated rings. The summed E-state index contributed by atoms with van der Waals surface area (Å²) in [7, 11) is 1.29. The lowest BCUT2D eigenvalue weighted by Gasteiger charge is -2.23. The van der Waals surface area contributed by atoms with Crippen molar-refractivity contribution < 1.29 is 27.6 Å². The molecule has 2 saturated heterocycles. The Kier molecular flexibility index (Phi) is 5.48. The number of likely N-dealkylation sites (tertiary alicyclic amines) is 1. The molecule has 1 unspecified atom stereocenters. The molecule has 2 aliphatic rings. The molecule has 3 rings (SSSR count). The zero-order valence-corrected chi connectivity index (χ0v) is 15.0. The molecule has 1 aromatic carbocycles. The summed E-state index contributed by atoms with van der Waals surface area (Å²) in [6, 6.07) is 2.42. The van der Waals surface area contributed by atoms with E-state index >= 15 is 0 Å². The van der Waals surface area contributed by atoms with E-state index in [1.165, 1.54) is 13.2 Å². The number of nitro groups is 1. The van der Waals surface area contributed by atoms with E-state index in [2.05, 4.69) is 10.2 Å². The highest BCUT2D eigenvalue weighted by Crippen LogP contribution is 2.39. The third-order valence-corrected chi connectivity index (χ3v) is 5.20. The quantitative estimate of drug-likeness (QED) is 0.596. The number of alkyl halides is 3. The van der Waals surface area contributed by atoms with Crippen LogP contribution >= 0.6 is 0 Å². The average Bonchev–Trinajstić information content (AvgIpc) is 3.22. The van der Waals surface area contributed by atoms with E-state index in [-0.39, 0.29) is 22.6 Å². The van der Waals surface area contributed by atoms with E-state index in [1.54, 1.807) is 0 Å². The normalized spacial score (nSPS) is 23.1. The zero-order chi connectivity index (χ0) is 19.7. The van der Waals surface area contributed by atoms with Crippen molar-refractivity contribution >= 4 is 5.69 Å². The number of hydrogen-bond donors (Lipinski definition) is 1. The van der Waals surface area contributed by atoms with E-state index in [1.807, 2.05) is 0 Å². The predicted octanol–water partition coefficient (Wildman–Crippen LogP) is 2.73. The molecular formula is C17H22F3N3O4. The van der Waals surface area contributed by atoms with E-state index in [0.717, 1.165) is 45.1 Å². The molecule has 1 aromatic rings. The topological polar surface area (TPSA) is 76.9 Å². The molecule has 150 valence electrons. The molecule has 0 aromatic heterocycles. The van der Waals surface area contributed by atoms with Gasteiger partial charge in [0, 0.05) is 25.2 Å². The fraction of sp³-hybridized carbons (Fsp3) is 0.647. The van der Waals surface area contributed by atoms with Crippen molar-refractivity contribution in [2.75, 3.05) is 39.9 Å². The molecule has 10 heteroatoms. The highest BCUT2D eigenvalue weighted by molar-refractivity contribution is 5.54. The minimum absolute atomic E-state index is 0.0521. The molecule has 7 nitrogen and oxygen atoms in total. The summed E-state index contributed by atoms with van der Waals surface area (Å²) < 4.78 is 47.1. The highest BCUT2D eigenvalue weighted by atomic mass is 19.4. The van der Waals surface area contributed by atoms with Crippen molar-refractivity contribution in [1.29, 1.82) is 0 Å². The molecule has 27 heavy (non-hydrogen) atoms. The number of halogens is 3. The van der Waals surface area contributed by atoms with Gasteiger partial charge >= 0.3 is 6.18 Å². The number of ether oxygens (including phenoxy) is 2. The van der Waals surface area contributed by atoms with Gasteiger partial charge in [-0.2, -0.15) is 13.2 Å². The Bertz CT molecular complexity index is 705. The van der Waals surface area contributed by atoms with E-state index < -0.39 is 17.7 Å². The van der Waals surface area contributed by atoms with E-state index in [0.29, 0.717) is 12.1 Å². The summed E-state index contributed by atoms with van der Waals surface area (Å²) in [5.41, 5.74) is 0.354. The van der Waals surface area contributed by atoms with Crippen LogP contribution in [0.2, 0.25) is 0 Å². The Morgan fingerprint density at radius 2 is 2.11 bits per heavy atom. The van der Waals surface area contributed by atoms with Crippen LogP contribution in [0.1, 0.15) is 18.4 Å². The molecular weight excluding hydrogens is 367 g/mol. The van der Waals surface area contributed by atoms with Gasteiger partial charge in [-0.05, 0) is 37.4 Å². The van der Waals surface area contributed by atoms with Gasteiger partial charge < -0.3 is 14.8 Å². The number of rotatable bonds is 6. The van der Waals surface area contributed by atoms with E-state index in [4.69, 9.17) is 9.47 Å². The third kappa shape index (κ3) is 4.62. The number of nitrogens with zero attached hydrogens (tertiary/aromatic N) is 2. The van der Waals surface area contributed by atoms with Crippen LogP contribution < -0.4 is 14.8 Å². The highest BCUT2D eigenvalue weighted by Gasteiger charge is 2.40. The molecule has 2 heterocycles. The van der Waals surface area contributed by atoms with Gasteiger partial charge in [-0.25, -0.2) is 0 Å². The fourth-order valence-electron chi connectivity index (χ4n) is 3.87. The minimum atomic E-state index is -4.54. The molecule has 1 atom stereocenters. The molecule has 1 spiro atoms. The van der Waals surface area contributed by atoms with Gasteiger partial charge in [-0.1, -0.05) is 0 Å². The third-order valence-electron chi connectivity index (χ3n) is 5.20. The van der Waals surface area contributed by atoms with Crippen LogP contribution in [0.15, 0.2) is 12.1 Å². The molecule has 0 aliphatic carbocycles. The van der Waals surface area contributed by atoms with Crippen LogP contribution in [0.5, 0.6) is 11.5 Å². The SMILES string of the molecule is COc1cc(CN2CCC3(CCNC3)C2)c([N+](=O)[O-])cc1OCC(F)(F)F. The second-order valence-corrected chi connectivity index (χ2v) is 7.18. The Labute approximate surface area is 154 Å². The van der Waals surface area contributed by atoms with Crippen LogP contribution in [-0.2, 0) is 6.54 Å². The second-order valence-electron chi connectivity index (χ2n) is 7.18.